The topological polar surface area (TPSA) is 80.5 Å². The van der Waals surface area contributed by atoms with E-state index in [9.17, 15) is 4.79 Å². The molecule has 1 aliphatic rings. The van der Waals surface area contributed by atoms with E-state index in [1.54, 1.807) is 17.5 Å². The zero-order valence-corrected chi connectivity index (χ0v) is 20.4. The van der Waals surface area contributed by atoms with Gasteiger partial charge in [-0.05, 0) is 47.8 Å². The number of thiophene rings is 1. The number of anilines is 2. The fourth-order valence-corrected chi connectivity index (χ4v) is 5.68. The second-order valence-corrected chi connectivity index (χ2v) is 9.99. The first-order valence-corrected chi connectivity index (χ1v) is 12.9. The van der Waals surface area contributed by atoms with Gasteiger partial charge in [0, 0.05) is 19.1 Å². The molecule has 0 aliphatic carbocycles. The van der Waals surface area contributed by atoms with Gasteiger partial charge < -0.3 is 20.7 Å². The summed E-state index contributed by atoms with van der Waals surface area (Å²) in [5.41, 5.74) is 11.1. The van der Waals surface area contributed by atoms with E-state index in [1.807, 2.05) is 64.9 Å². The monoisotopic (exact) mass is 486 g/mol. The van der Waals surface area contributed by atoms with Gasteiger partial charge in [-0.3, -0.25) is 4.98 Å². The van der Waals surface area contributed by atoms with Gasteiger partial charge in [0.2, 0.25) is 0 Å². The Hall–Kier alpha value is -3.58. The lowest BCUT2D eigenvalue weighted by Crippen LogP contribution is -2.48. The van der Waals surface area contributed by atoms with Crippen molar-refractivity contribution in [1.82, 2.24) is 9.88 Å². The first-order chi connectivity index (χ1) is 17.2. The summed E-state index contributed by atoms with van der Waals surface area (Å²) in [4.78, 5) is 19.4. The average molecular weight is 487 g/mol. The van der Waals surface area contributed by atoms with Gasteiger partial charge in [-0.15, -0.1) is 11.3 Å². The smallest absolute Gasteiger partial charge is 0.410 e. The third-order valence-corrected chi connectivity index (χ3v) is 7.57. The molecular formula is C28H30N4O2S. The molecule has 0 bridgehead atoms. The van der Waals surface area contributed by atoms with E-state index in [0.717, 1.165) is 47.3 Å². The van der Waals surface area contributed by atoms with Crippen molar-refractivity contribution in [3.8, 4) is 0 Å². The number of amides is 1. The minimum atomic E-state index is -0.236. The number of nitrogens with zero attached hydrogens (tertiary/aromatic N) is 2. The Morgan fingerprint density at radius 1 is 1.09 bits per heavy atom. The Kier molecular flexibility index (Phi) is 7.14. The number of carbonyl (C=O) groups excluding carboxylic acids is 1. The first kappa shape index (κ1) is 23.2. The highest BCUT2D eigenvalue weighted by atomic mass is 32.1. The molecule has 1 amide bonds. The molecule has 0 saturated carbocycles. The molecule has 3 N–H and O–H groups in total. The number of likely N-dealkylation sites (tertiary alicyclic amines) is 1. The van der Waals surface area contributed by atoms with E-state index in [0.29, 0.717) is 18.2 Å². The van der Waals surface area contributed by atoms with E-state index in [4.69, 9.17) is 10.5 Å². The van der Waals surface area contributed by atoms with Crippen LogP contribution in [0.1, 0.15) is 24.0 Å². The molecule has 2 unspecified atom stereocenters. The highest BCUT2D eigenvalue weighted by molar-refractivity contribution is 7.17. The highest BCUT2D eigenvalue weighted by Gasteiger charge is 2.32. The molecule has 7 heteroatoms. The number of ether oxygens (including phenoxy) is 1. The van der Waals surface area contributed by atoms with Gasteiger partial charge in [0.15, 0.2) is 0 Å². The van der Waals surface area contributed by atoms with Crippen LogP contribution in [-0.4, -0.2) is 35.1 Å². The molecule has 2 atom stereocenters. The Labute approximate surface area is 209 Å². The van der Waals surface area contributed by atoms with Gasteiger partial charge in [0.05, 0.1) is 27.8 Å². The van der Waals surface area contributed by atoms with E-state index >= 15 is 0 Å². The van der Waals surface area contributed by atoms with Crippen LogP contribution in [0.15, 0.2) is 78.3 Å². The average Bonchev–Trinajstić information content (AvgIpc) is 3.37. The zero-order chi connectivity index (χ0) is 24.0. The molecule has 2 aromatic heterocycles. The van der Waals surface area contributed by atoms with Crippen molar-refractivity contribution in [3.63, 3.8) is 0 Å². The van der Waals surface area contributed by atoms with Gasteiger partial charge in [0.25, 0.3) is 0 Å². The van der Waals surface area contributed by atoms with Crippen LogP contribution < -0.4 is 11.1 Å². The highest BCUT2D eigenvalue weighted by Crippen LogP contribution is 2.33. The largest absolute Gasteiger partial charge is 0.445 e. The maximum atomic E-state index is 13.1. The maximum absolute atomic E-state index is 13.1. The number of aromatic nitrogens is 1. The quantitative estimate of drug-likeness (QED) is 0.337. The summed E-state index contributed by atoms with van der Waals surface area (Å²) in [6.45, 7) is 1.77. The third-order valence-electron chi connectivity index (χ3n) is 6.65. The molecule has 180 valence electrons. The standard InChI is InChI=1S/C28H30N4O2S/c29-24-18-30-25-12-14-35-27(25)26(24)31-17-22-11-13-32(23(16-22)15-20-7-3-1-4-8-20)28(33)34-19-21-9-5-2-6-10-21/h1-10,12,14,18,22-23H,11,13,15-17,19,29H2,(H,30,31). The normalized spacial score (nSPS) is 17.9. The molecule has 6 nitrogen and oxygen atoms in total. The van der Waals surface area contributed by atoms with Gasteiger partial charge in [-0.1, -0.05) is 60.7 Å². The lowest BCUT2D eigenvalue weighted by atomic mass is 9.87. The molecule has 0 radical (unpaired) electrons. The molecule has 3 heterocycles. The minimum Gasteiger partial charge on any atom is -0.445 e. The van der Waals surface area contributed by atoms with E-state index < -0.39 is 0 Å². The minimum absolute atomic E-state index is 0.0813. The predicted octanol–water partition coefficient (Wildman–Crippen LogP) is 5.95. The number of fused-ring (bicyclic) bond motifs is 1. The number of hydrogen-bond donors (Lipinski definition) is 2. The van der Waals surface area contributed by atoms with Crippen LogP contribution in [-0.2, 0) is 17.8 Å². The lowest BCUT2D eigenvalue weighted by Gasteiger charge is -2.39. The Morgan fingerprint density at radius 3 is 2.60 bits per heavy atom. The summed E-state index contributed by atoms with van der Waals surface area (Å²) in [7, 11) is 0. The number of hydrogen-bond acceptors (Lipinski definition) is 6. The van der Waals surface area contributed by atoms with Gasteiger partial charge in [0.1, 0.15) is 6.61 Å². The fourth-order valence-electron chi connectivity index (χ4n) is 4.80. The van der Waals surface area contributed by atoms with E-state index in [-0.39, 0.29) is 18.7 Å². The van der Waals surface area contributed by atoms with Crippen LogP contribution in [0.2, 0.25) is 0 Å². The first-order valence-electron chi connectivity index (χ1n) is 12.0. The zero-order valence-electron chi connectivity index (χ0n) is 19.6. The summed E-state index contributed by atoms with van der Waals surface area (Å²) < 4.78 is 6.79. The fraction of sp³-hybridized carbons (Fsp3) is 0.286. The van der Waals surface area contributed by atoms with Crippen molar-refractivity contribution >= 4 is 39.0 Å². The van der Waals surface area contributed by atoms with Crippen LogP contribution in [0.5, 0.6) is 0 Å². The van der Waals surface area contributed by atoms with Crippen molar-refractivity contribution in [1.29, 1.82) is 0 Å². The van der Waals surface area contributed by atoms with Crippen molar-refractivity contribution < 1.29 is 9.53 Å². The summed E-state index contributed by atoms with van der Waals surface area (Å²) >= 11 is 1.65. The van der Waals surface area contributed by atoms with Crippen LogP contribution in [0.4, 0.5) is 16.2 Å². The van der Waals surface area contributed by atoms with Crippen LogP contribution in [0.25, 0.3) is 10.2 Å². The Balaban J connectivity index is 1.26. The van der Waals surface area contributed by atoms with Crippen molar-refractivity contribution in [2.45, 2.75) is 31.9 Å². The van der Waals surface area contributed by atoms with Crippen LogP contribution >= 0.6 is 11.3 Å². The number of nitrogens with two attached hydrogens (primary N) is 1. The van der Waals surface area contributed by atoms with E-state index in [1.165, 1.54) is 5.56 Å². The molecule has 5 rings (SSSR count). The Bertz CT molecular complexity index is 1260. The number of piperidine rings is 1. The van der Waals surface area contributed by atoms with Gasteiger partial charge in [-0.2, -0.15) is 0 Å². The van der Waals surface area contributed by atoms with Crippen molar-refractivity contribution in [2.75, 3.05) is 24.1 Å². The molecule has 1 aliphatic heterocycles. The van der Waals surface area contributed by atoms with Crippen LogP contribution in [0.3, 0.4) is 0 Å². The molecule has 1 saturated heterocycles. The second-order valence-electron chi connectivity index (χ2n) is 9.07. The number of carbonyl (C=O) groups is 1. The molecule has 4 aromatic rings. The number of benzene rings is 2. The lowest BCUT2D eigenvalue weighted by molar-refractivity contribution is 0.0584. The third kappa shape index (κ3) is 5.57. The predicted molar refractivity (Wildman–Crippen MR) is 143 cm³/mol. The van der Waals surface area contributed by atoms with Crippen molar-refractivity contribution in [2.24, 2.45) is 5.92 Å². The molecular weight excluding hydrogens is 456 g/mol. The van der Waals surface area contributed by atoms with Crippen LogP contribution in [0, 0.1) is 5.92 Å². The second kappa shape index (κ2) is 10.8. The molecule has 0 spiro atoms. The number of nitrogen functional groups attached to an aromatic ring is 1. The summed E-state index contributed by atoms with van der Waals surface area (Å²) in [5.74, 6) is 0.421. The maximum Gasteiger partial charge on any atom is 0.410 e. The molecule has 1 fully saturated rings. The molecule has 35 heavy (non-hydrogen) atoms. The van der Waals surface area contributed by atoms with E-state index in [2.05, 4.69) is 22.4 Å². The summed E-state index contributed by atoms with van der Waals surface area (Å²) in [6, 6.07) is 22.3. The summed E-state index contributed by atoms with van der Waals surface area (Å²) in [5, 5.41) is 5.64. The molecule has 2 aromatic carbocycles. The van der Waals surface area contributed by atoms with Crippen molar-refractivity contribution in [3.05, 3.63) is 89.4 Å². The Morgan fingerprint density at radius 2 is 1.83 bits per heavy atom. The number of rotatable bonds is 7. The number of nitrogens with one attached hydrogen (secondary N) is 1. The van der Waals surface area contributed by atoms with Gasteiger partial charge in [-0.25, -0.2) is 4.79 Å². The SMILES string of the molecule is Nc1cnc2ccsc2c1NCC1CCN(C(=O)OCc2ccccc2)C(Cc2ccccc2)C1. The summed E-state index contributed by atoms with van der Waals surface area (Å²) in [6.07, 6.45) is 4.11. The number of pyridine rings is 1. The van der Waals surface area contributed by atoms with Gasteiger partial charge >= 0.3 is 6.09 Å².